The van der Waals surface area contributed by atoms with E-state index in [0.29, 0.717) is 0 Å². The third kappa shape index (κ3) is 3.44. The van der Waals surface area contributed by atoms with Crippen molar-refractivity contribution >= 4 is 11.6 Å². The summed E-state index contributed by atoms with van der Waals surface area (Å²) in [7, 11) is 3.96. The molecule has 1 aromatic rings. The van der Waals surface area contributed by atoms with Gasteiger partial charge in [0.1, 0.15) is 5.82 Å². The van der Waals surface area contributed by atoms with Crippen molar-refractivity contribution in [3.05, 3.63) is 34.6 Å². The van der Waals surface area contributed by atoms with Crippen LogP contribution in [-0.2, 0) is 0 Å². The van der Waals surface area contributed by atoms with Gasteiger partial charge in [-0.1, -0.05) is 17.7 Å². The summed E-state index contributed by atoms with van der Waals surface area (Å²) in [5.41, 5.74) is 1.03. The van der Waals surface area contributed by atoms with Crippen LogP contribution in [0.5, 0.6) is 0 Å². The Kier molecular flexibility index (Phi) is 5.19. The quantitative estimate of drug-likeness (QED) is 0.857. The Balaban J connectivity index is 2.71. The topological polar surface area (TPSA) is 15.3 Å². The normalized spacial score (nSPS) is 13.1. The molecule has 0 aromatic heterocycles. The van der Waals surface area contributed by atoms with Crippen LogP contribution in [0.4, 0.5) is 4.39 Å². The molecule has 0 radical (unpaired) electrons. The van der Waals surface area contributed by atoms with E-state index in [4.69, 9.17) is 11.6 Å². The summed E-state index contributed by atoms with van der Waals surface area (Å²) in [4.78, 5) is 2.19. The highest BCUT2D eigenvalue weighted by atomic mass is 35.5. The van der Waals surface area contributed by atoms with Gasteiger partial charge in [0.25, 0.3) is 0 Å². The Morgan fingerprint density at radius 1 is 1.50 bits per heavy atom. The largest absolute Gasteiger partial charge is 0.318 e. The fourth-order valence-electron chi connectivity index (χ4n) is 1.51. The van der Waals surface area contributed by atoms with Crippen LogP contribution < -0.4 is 5.32 Å². The molecule has 0 spiro atoms. The van der Waals surface area contributed by atoms with Crippen LogP contribution in [0.3, 0.4) is 0 Å². The Labute approximate surface area is 101 Å². The molecule has 0 aliphatic rings. The van der Waals surface area contributed by atoms with Gasteiger partial charge >= 0.3 is 0 Å². The molecule has 0 aliphatic heterocycles. The Bertz CT molecular complexity index is 344. The maximum absolute atomic E-state index is 13.0. The molecule has 4 heteroatoms. The summed E-state index contributed by atoms with van der Waals surface area (Å²) >= 11 is 5.76. The zero-order valence-corrected chi connectivity index (χ0v) is 10.7. The molecule has 0 fully saturated rings. The van der Waals surface area contributed by atoms with E-state index < -0.39 is 0 Å². The van der Waals surface area contributed by atoms with Crippen molar-refractivity contribution in [2.75, 3.05) is 27.2 Å². The summed E-state index contributed by atoms with van der Waals surface area (Å²) in [6.45, 7) is 3.95. The van der Waals surface area contributed by atoms with E-state index in [-0.39, 0.29) is 16.9 Å². The van der Waals surface area contributed by atoms with Crippen LogP contribution in [0.1, 0.15) is 18.5 Å². The third-order valence-corrected chi connectivity index (χ3v) is 3.09. The van der Waals surface area contributed by atoms with Crippen molar-refractivity contribution in [2.24, 2.45) is 0 Å². The van der Waals surface area contributed by atoms with Crippen molar-refractivity contribution in [3.8, 4) is 0 Å². The minimum absolute atomic E-state index is 0.186. The van der Waals surface area contributed by atoms with Gasteiger partial charge in [0.2, 0.25) is 0 Å². The molecule has 1 N–H and O–H groups in total. The number of halogens is 2. The van der Waals surface area contributed by atoms with Gasteiger partial charge in [-0.25, -0.2) is 4.39 Å². The lowest BCUT2D eigenvalue weighted by atomic mass is 10.1. The minimum atomic E-state index is -0.365. The smallest absolute Gasteiger partial charge is 0.141 e. The van der Waals surface area contributed by atoms with E-state index >= 15 is 0 Å². The number of hydrogen-bond acceptors (Lipinski definition) is 2. The first kappa shape index (κ1) is 13.4. The van der Waals surface area contributed by atoms with E-state index in [2.05, 4.69) is 17.1 Å². The van der Waals surface area contributed by atoms with Gasteiger partial charge in [-0.15, -0.1) is 0 Å². The monoisotopic (exact) mass is 244 g/mol. The summed E-state index contributed by atoms with van der Waals surface area (Å²) in [6, 6.07) is 5.12. The molecule has 90 valence electrons. The predicted octanol–water partition coefficient (Wildman–Crippen LogP) is 2.69. The Hall–Kier alpha value is -0.640. The Morgan fingerprint density at radius 2 is 2.19 bits per heavy atom. The molecular formula is C12H18ClFN2. The lowest BCUT2D eigenvalue weighted by Gasteiger charge is -2.25. The number of benzene rings is 1. The molecule has 0 heterocycles. The second-order valence-electron chi connectivity index (χ2n) is 3.93. The van der Waals surface area contributed by atoms with Gasteiger partial charge < -0.3 is 5.32 Å². The maximum atomic E-state index is 13.0. The number of likely N-dealkylation sites (N-methyl/N-ethyl adjacent to an activating group) is 2. The zero-order valence-electron chi connectivity index (χ0n) is 9.93. The van der Waals surface area contributed by atoms with E-state index in [1.165, 1.54) is 6.07 Å². The fourth-order valence-corrected chi connectivity index (χ4v) is 1.70. The van der Waals surface area contributed by atoms with Crippen molar-refractivity contribution in [2.45, 2.75) is 13.0 Å². The molecular weight excluding hydrogens is 227 g/mol. The van der Waals surface area contributed by atoms with E-state index in [0.717, 1.165) is 18.7 Å². The van der Waals surface area contributed by atoms with E-state index in [1.807, 2.05) is 14.1 Å². The van der Waals surface area contributed by atoms with Crippen LogP contribution in [0.2, 0.25) is 5.02 Å². The average molecular weight is 245 g/mol. The van der Waals surface area contributed by atoms with Gasteiger partial charge in [0, 0.05) is 19.1 Å². The molecule has 0 amide bonds. The molecule has 0 saturated carbocycles. The first-order valence-electron chi connectivity index (χ1n) is 5.36. The molecule has 16 heavy (non-hydrogen) atoms. The van der Waals surface area contributed by atoms with Crippen LogP contribution in [0.15, 0.2) is 18.2 Å². The number of nitrogens with one attached hydrogen (secondary N) is 1. The van der Waals surface area contributed by atoms with Crippen LogP contribution in [0.25, 0.3) is 0 Å². The summed E-state index contributed by atoms with van der Waals surface area (Å²) in [5, 5.41) is 3.28. The second-order valence-corrected chi connectivity index (χ2v) is 4.34. The fraction of sp³-hybridized carbons (Fsp3) is 0.500. The Morgan fingerprint density at radius 3 is 2.75 bits per heavy atom. The molecule has 2 nitrogen and oxygen atoms in total. The highest BCUT2D eigenvalue weighted by Gasteiger charge is 2.12. The summed E-state index contributed by atoms with van der Waals surface area (Å²) < 4.78 is 13.0. The number of hydrogen-bond donors (Lipinski definition) is 1. The lowest BCUT2D eigenvalue weighted by Crippen LogP contribution is -2.29. The molecule has 1 aromatic carbocycles. The van der Waals surface area contributed by atoms with E-state index in [1.54, 1.807) is 12.1 Å². The summed E-state index contributed by atoms with van der Waals surface area (Å²) in [6.07, 6.45) is 0. The SMILES string of the molecule is CNCCN(C)C(C)c1ccc(F)c(Cl)c1. The maximum Gasteiger partial charge on any atom is 0.141 e. The molecule has 1 rings (SSSR count). The van der Waals surface area contributed by atoms with Crippen molar-refractivity contribution < 1.29 is 4.39 Å². The molecule has 0 aliphatic carbocycles. The van der Waals surface area contributed by atoms with Gasteiger partial charge in [0.05, 0.1) is 5.02 Å². The lowest BCUT2D eigenvalue weighted by molar-refractivity contribution is 0.263. The first-order chi connectivity index (χ1) is 7.56. The average Bonchev–Trinajstić information content (AvgIpc) is 2.28. The van der Waals surface area contributed by atoms with Crippen molar-refractivity contribution in [1.82, 2.24) is 10.2 Å². The molecule has 0 saturated heterocycles. The highest BCUT2D eigenvalue weighted by molar-refractivity contribution is 6.30. The van der Waals surface area contributed by atoms with Gasteiger partial charge in [-0.2, -0.15) is 0 Å². The number of nitrogens with zero attached hydrogens (tertiary/aromatic N) is 1. The van der Waals surface area contributed by atoms with Gasteiger partial charge in [0.15, 0.2) is 0 Å². The summed E-state index contributed by atoms with van der Waals surface area (Å²) in [5.74, 6) is -0.365. The highest BCUT2D eigenvalue weighted by Crippen LogP contribution is 2.23. The molecule has 1 atom stereocenters. The minimum Gasteiger partial charge on any atom is -0.318 e. The van der Waals surface area contributed by atoms with Crippen molar-refractivity contribution in [3.63, 3.8) is 0 Å². The van der Waals surface area contributed by atoms with Gasteiger partial charge in [-0.3, -0.25) is 4.90 Å². The second kappa shape index (κ2) is 6.18. The molecule has 0 bridgehead atoms. The zero-order chi connectivity index (χ0) is 12.1. The number of rotatable bonds is 5. The predicted molar refractivity (Wildman–Crippen MR) is 66.4 cm³/mol. The van der Waals surface area contributed by atoms with Gasteiger partial charge in [-0.05, 0) is 38.7 Å². The van der Waals surface area contributed by atoms with Crippen LogP contribution in [0, 0.1) is 5.82 Å². The van der Waals surface area contributed by atoms with Crippen LogP contribution >= 0.6 is 11.6 Å². The standard InChI is InChI=1S/C12H18ClFN2/c1-9(16(3)7-6-15-2)10-4-5-12(14)11(13)8-10/h4-5,8-9,15H,6-7H2,1-3H3. The molecule has 1 unspecified atom stereocenters. The van der Waals surface area contributed by atoms with Crippen molar-refractivity contribution in [1.29, 1.82) is 0 Å². The third-order valence-electron chi connectivity index (χ3n) is 2.80. The first-order valence-corrected chi connectivity index (χ1v) is 5.74. The van der Waals surface area contributed by atoms with Crippen LogP contribution in [-0.4, -0.2) is 32.1 Å². The van der Waals surface area contributed by atoms with E-state index in [9.17, 15) is 4.39 Å².